The average molecular weight is 297 g/mol. The number of nitrogens with zero attached hydrogens (tertiary/aromatic N) is 2. The molecule has 0 heterocycles. The van der Waals surface area contributed by atoms with Gasteiger partial charge in [-0.1, -0.05) is 23.2 Å². The average Bonchev–Trinajstić information content (AvgIpc) is 3.21. The topological polar surface area (TPSA) is 44.1 Å². The van der Waals surface area contributed by atoms with Crippen LogP contribution in [-0.2, 0) is 0 Å². The number of hydrogen-bond acceptors (Lipinski definition) is 3. The predicted octanol–water partition coefficient (Wildman–Crippen LogP) is 3.55. The summed E-state index contributed by atoms with van der Waals surface area (Å²) in [6.45, 7) is 0.985. The summed E-state index contributed by atoms with van der Waals surface area (Å²) in [5.41, 5.74) is 0.567. The Morgan fingerprint density at radius 2 is 2.11 bits per heavy atom. The molecule has 0 saturated heterocycles. The van der Waals surface area contributed by atoms with Crippen molar-refractivity contribution >= 4 is 29.0 Å². The lowest BCUT2D eigenvalue weighted by molar-refractivity contribution is 0.0926. The molecule has 0 radical (unpaired) electrons. The Hall–Kier alpha value is -1.08. The van der Waals surface area contributed by atoms with E-state index in [1.165, 1.54) is 0 Å². The fourth-order valence-corrected chi connectivity index (χ4v) is 2.27. The van der Waals surface area contributed by atoms with E-state index in [4.69, 9.17) is 28.5 Å². The van der Waals surface area contributed by atoms with E-state index in [9.17, 15) is 4.79 Å². The van der Waals surface area contributed by atoms with Gasteiger partial charge in [-0.3, -0.25) is 9.69 Å². The minimum absolute atomic E-state index is 0.0170. The van der Waals surface area contributed by atoms with Crippen LogP contribution in [0.15, 0.2) is 18.2 Å². The normalized spacial score (nSPS) is 14.4. The first-order chi connectivity index (χ1) is 9.11. The molecule has 1 aliphatic rings. The molecule has 1 aliphatic carbocycles. The zero-order valence-corrected chi connectivity index (χ0v) is 11.9. The van der Waals surface area contributed by atoms with Crippen LogP contribution in [0.5, 0.6) is 0 Å². The van der Waals surface area contributed by atoms with Crippen LogP contribution >= 0.6 is 23.2 Å². The number of rotatable bonds is 6. The van der Waals surface area contributed by atoms with Gasteiger partial charge in [0.15, 0.2) is 5.78 Å². The Morgan fingerprint density at radius 3 is 2.68 bits per heavy atom. The van der Waals surface area contributed by atoms with Gasteiger partial charge in [0, 0.05) is 24.6 Å². The number of ketones is 1. The van der Waals surface area contributed by atoms with Crippen molar-refractivity contribution in [3.8, 4) is 6.07 Å². The Labute approximate surface area is 122 Å². The minimum Gasteiger partial charge on any atom is -0.293 e. The molecule has 1 aromatic rings. The fourth-order valence-electron chi connectivity index (χ4n) is 1.97. The van der Waals surface area contributed by atoms with Gasteiger partial charge in [0.05, 0.1) is 22.7 Å². The molecule has 0 bridgehead atoms. The highest BCUT2D eigenvalue weighted by Crippen LogP contribution is 2.28. The highest BCUT2D eigenvalue weighted by Gasteiger charge is 2.30. The van der Waals surface area contributed by atoms with Gasteiger partial charge in [-0.15, -0.1) is 0 Å². The molecule has 100 valence electrons. The lowest BCUT2D eigenvalue weighted by atomic mass is 10.1. The fraction of sp³-hybridized carbons (Fsp3) is 0.429. The summed E-state index contributed by atoms with van der Waals surface area (Å²) in [5, 5.41) is 9.48. The highest BCUT2D eigenvalue weighted by atomic mass is 35.5. The molecule has 0 aromatic heterocycles. The highest BCUT2D eigenvalue weighted by molar-refractivity contribution is 6.42. The lowest BCUT2D eigenvalue weighted by Gasteiger charge is -2.19. The largest absolute Gasteiger partial charge is 0.293 e. The molecule has 3 nitrogen and oxygen atoms in total. The van der Waals surface area contributed by atoms with E-state index in [0.717, 1.165) is 12.8 Å². The van der Waals surface area contributed by atoms with Crippen molar-refractivity contribution in [2.75, 3.05) is 13.1 Å². The summed E-state index contributed by atoms with van der Waals surface area (Å²) >= 11 is 11.7. The molecule has 0 unspecified atom stereocenters. The van der Waals surface area contributed by atoms with Gasteiger partial charge in [0.25, 0.3) is 0 Å². The third-order valence-corrected chi connectivity index (χ3v) is 3.90. The molecular formula is C14H14Cl2N2O. The van der Waals surface area contributed by atoms with Gasteiger partial charge in [-0.2, -0.15) is 5.26 Å². The minimum atomic E-state index is 0.0170. The zero-order chi connectivity index (χ0) is 13.8. The van der Waals surface area contributed by atoms with Crippen LogP contribution in [0.2, 0.25) is 10.0 Å². The van der Waals surface area contributed by atoms with Gasteiger partial charge >= 0.3 is 0 Å². The van der Waals surface area contributed by atoms with Crippen LogP contribution in [0.25, 0.3) is 0 Å². The van der Waals surface area contributed by atoms with Gasteiger partial charge in [0.2, 0.25) is 0 Å². The van der Waals surface area contributed by atoms with Gasteiger partial charge < -0.3 is 0 Å². The molecule has 1 saturated carbocycles. The van der Waals surface area contributed by atoms with Crippen LogP contribution in [0, 0.1) is 11.3 Å². The molecule has 0 aliphatic heterocycles. The third kappa shape index (κ3) is 3.94. The van der Waals surface area contributed by atoms with Crippen LogP contribution in [-0.4, -0.2) is 29.8 Å². The maximum atomic E-state index is 12.2. The Morgan fingerprint density at radius 1 is 1.37 bits per heavy atom. The molecule has 5 heteroatoms. The van der Waals surface area contributed by atoms with E-state index in [1.54, 1.807) is 18.2 Å². The van der Waals surface area contributed by atoms with Crippen LogP contribution < -0.4 is 0 Å². The van der Waals surface area contributed by atoms with E-state index in [-0.39, 0.29) is 5.78 Å². The smallest absolute Gasteiger partial charge is 0.176 e. The summed E-state index contributed by atoms with van der Waals surface area (Å²) in [6.07, 6.45) is 2.67. The number of benzene rings is 1. The number of Topliss-reactive ketones (excluding diaryl/α,β-unsaturated/α-hetero) is 1. The Balaban J connectivity index is 2.02. The molecule has 0 spiro atoms. The van der Waals surface area contributed by atoms with Crippen molar-refractivity contribution in [3.63, 3.8) is 0 Å². The standard InChI is InChI=1S/C14H14Cl2N2O/c15-12-5-2-10(8-13(12)16)14(19)9-18(7-1-6-17)11-3-4-11/h2,5,8,11H,1,3-4,7,9H2. The first-order valence-electron chi connectivity index (χ1n) is 6.21. The van der Waals surface area contributed by atoms with Crippen molar-refractivity contribution in [2.24, 2.45) is 0 Å². The van der Waals surface area contributed by atoms with E-state index in [2.05, 4.69) is 11.0 Å². The second-order valence-electron chi connectivity index (χ2n) is 4.66. The van der Waals surface area contributed by atoms with Crippen LogP contribution in [0.4, 0.5) is 0 Å². The zero-order valence-electron chi connectivity index (χ0n) is 10.4. The Bertz CT molecular complexity index is 521. The summed E-state index contributed by atoms with van der Waals surface area (Å²) in [7, 11) is 0. The number of hydrogen-bond donors (Lipinski definition) is 0. The second-order valence-corrected chi connectivity index (χ2v) is 5.48. The number of halogens is 2. The summed E-state index contributed by atoms with van der Waals surface area (Å²) in [5.74, 6) is 0.0170. The van der Waals surface area contributed by atoms with Crippen molar-refractivity contribution in [2.45, 2.75) is 25.3 Å². The van der Waals surface area contributed by atoms with Crippen molar-refractivity contribution < 1.29 is 4.79 Å². The van der Waals surface area contributed by atoms with Crippen LogP contribution in [0.1, 0.15) is 29.6 Å². The SMILES string of the molecule is N#CCCN(CC(=O)c1ccc(Cl)c(Cl)c1)C1CC1. The molecule has 2 rings (SSSR count). The molecule has 1 aromatic carbocycles. The molecular weight excluding hydrogens is 283 g/mol. The van der Waals surface area contributed by atoms with Crippen molar-refractivity contribution in [3.05, 3.63) is 33.8 Å². The summed E-state index contributed by atoms with van der Waals surface area (Å²) in [6, 6.07) is 7.50. The van der Waals surface area contributed by atoms with E-state index < -0.39 is 0 Å². The van der Waals surface area contributed by atoms with Gasteiger partial charge in [0.1, 0.15) is 0 Å². The molecule has 0 atom stereocenters. The number of carbonyl (C=O) groups is 1. The number of nitriles is 1. The second kappa shape index (κ2) is 6.38. The maximum Gasteiger partial charge on any atom is 0.176 e. The molecule has 0 amide bonds. The predicted molar refractivity (Wildman–Crippen MR) is 75.6 cm³/mol. The first kappa shape index (κ1) is 14.3. The number of carbonyl (C=O) groups excluding carboxylic acids is 1. The van der Waals surface area contributed by atoms with Gasteiger partial charge in [-0.05, 0) is 31.0 Å². The summed E-state index contributed by atoms with van der Waals surface area (Å²) < 4.78 is 0. The van der Waals surface area contributed by atoms with Crippen molar-refractivity contribution in [1.82, 2.24) is 4.90 Å². The van der Waals surface area contributed by atoms with E-state index >= 15 is 0 Å². The van der Waals surface area contributed by atoms with Crippen LogP contribution in [0.3, 0.4) is 0 Å². The molecule has 19 heavy (non-hydrogen) atoms. The first-order valence-corrected chi connectivity index (χ1v) is 6.96. The third-order valence-electron chi connectivity index (χ3n) is 3.16. The van der Waals surface area contributed by atoms with Gasteiger partial charge in [-0.25, -0.2) is 0 Å². The molecule has 1 fully saturated rings. The maximum absolute atomic E-state index is 12.2. The summed E-state index contributed by atoms with van der Waals surface area (Å²) in [4.78, 5) is 14.3. The van der Waals surface area contributed by atoms with Crippen molar-refractivity contribution in [1.29, 1.82) is 5.26 Å². The van der Waals surface area contributed by atoms with E-state index in [1.807, 2.05) is 0 Å². The quantitative estimate of drug-likeness (QED) is 0.754. The molecule has 0 N–H and O–H groups in total. The Kier molecular flexibility index (Phi) is 4.81. The van der Waals surface area contributed by atoms with E-state index in [0.29, 0.717) is 41.2 Å². The monoisotopic (exact) mass is 296 g/mol. The lowest BCUT2D eigenvalue weighted by Crippen LogP contribution is -2.32.